The number of carbonyl (C=O) groups is 2. The van der Waals surface area contributed by atoms with Gasteiger partial charge in [0.05, 0.1) is 13.2 Å². The highest BCUT2D eigenvalue weighted by Gasteiger charge is 2.40. The van der Waals surface area contributed by atoms with E-state index in [1.165, 1.54) is 12.8 Å². The number of Topliss-reactive ketones (excluding diaryl/α,β-unsaturated/α-hetero) is 1. The summed E-state index contributed by atoms with van der Waals surface area (Å²) < 4.78 is 4.82. The molecule has 1 rings (SSSR count). The van der Waals surface area contributed by atoms with Crippen LogP contribution in [-0.2, 0) is 14.3 Å². The number of cyclic esters (lactones) is 1. The van der Waals surface area contributed by atoms with Crippen molar-refractivity contribution in [1.29, 1.82) is 0 Å². The minimum Gasteiger partial charge on any atom is -0.465 e. The second-order valence-corrected chi connectivity index (χ2v) is 4.68. The van der Waals surface area contributed by atoms with Gasteiger partial charge in [-0.25, -0.2) is 0 Å². The molecule has 4 nitrogen and oxygen atoms in total. The summed E-state index contributed by atoms with van der Waals surface area (Å²) in [7, 11) is 0. The van der Waals surface area contributed by atoms with Crippen LogP contribution in [0.1, 0.15) is 45.4 Å². The van der Waals surface area contributed by atoms with Gasteiger partial charge in [-0.3, -0.25) is 9.59 Å². The average molecular weight is 242 g/mol. The van der Waals surface area contributed by atoms with E-state index in [9.17, 15) is 9.59 Å². The van der Waals surface area contributed by atoms with Gasteiger partial charge in [-0.15, -0.1) is 0 Å². The van der Waals surface area contributed by atoms with Crippen LogP contribution in [0.2, 0.25) is 0 Å². The first kappa shape index (κ1) is 14.2. The van der Waals surface area contributed by atoms with Gasteiger partial charge in [0, 0.05) is 12.3 Å². The van der Waals surface area contributed by atoms with Gasteiger partial charge in [-0.2, -0.15) is 0 Å². The first-order valence-corrected chi connectivity index (χ1v) is 6.51. The number of rotatable bonds is 8. The second-order valence-electron chi connectivity index (χ2n) is 4.68. The molecule has 1 aliphatic rings. The van der Waals surface area contributed by atoms with E-state index < -0.39 is 11.9 Å². The van der Waals surface area contributed by atoms with Crippen molar-refractivity contribution in [2.24, 2.45) is 11.8 Å². The standard InChI is InChI=1S/C13H22O4/c1-2-3-4-5-6-7-11(15)12-10(8-14)9-17-13(12)16/h10,12,14H,2-9H2,1H3/t10-,12-/m1/s1. The normalized spacial score (nSPS) is 23.8. The maximum absolute atomic E-state index is 11.8. The van der Waals surface area contributed by atoms with E-state index in [0.29, 0.717) is 6.42 Å². The van der Waals surface area contributed by atoms with E-state index in [0.717, 1.165) is 19.3 Å². The lowest BCUT2D eigenvalue weighted by Crippen LogP contribution is -2.27. The smallest absolute Gasteiger partial charge is 0.316 e. The Morgan fingerprint density at radius 3 is 2.71 bits per heavy atom. The van der Waals surface area contributed by atoms with E-state index in [1.807, 2.05) is 0 Å². The maximum atomic E-state index is 11.8. The number of ketones is 1. The van der Waals surface area contributed by atoms with Crippen LogP contribution < -0.4 is 0 Å². The van der Waals surface area contributed by atoms with Crippen molar-refractivity contribution < 1.29 is 19.4 Å². The molecule has 0 bridgehead atoms. The third kappa shape index (κ3) is 4.11. The molecule has 98 valence electrons. The van der Waals surface area contributed by atoms with Crippen LogP contribution in [0.3, 0.4) is 0 Å². The number of hydrogen-bond donors (Lipinski definition) is 1. The van der Waals surface area contributed by atoms with E-state index in [4.69, 9.17) is 9.84 Å². The molecule has 17 heavy (non-hydrogen) atoms. The van der Waals surface area contributed by atoms with Gasteiger partial charge in [0.15, 0.2) is 0 Å². The van der Waals surface area contributed by atoms with Crippen LogP contribution in [0, 0.1) is 11.8 Å². The number of aliphatic hydroxyl groups excluding tert-OH is 1. The fourth-order valence-electron chi connectivity index (χ4n) is 2.18. The summed E-state index contributed by atoms with van der Waals surface area (Å²) in [5.74, 6) is -1.57. The fourth-order valence-corrected chi connectivity index (χ4v) is 2.18. The van der Waals surface area contributed by atoms with Crippen molar-refractivity contribution in [3.63, 3.8) is 0 Å². The lowest BCUT2D eigenvalue weighted by Gasteiger charge is -2.10. The van der Waals surface area contributed by atoms with Crippen LogP contribution in [0.25, 0.3) is 0 Å². The maximum Gasteiger partial charge on any atom is 0.316 e. The van der Waals surface area contributed by atoms with E-state index in [-0.39, 0.29) is 24.9 Å². The molecule has 1 fully saturated rings. The zero-order chi connectivity index (χ0) is 12.7. The molecular weight excluding hydrogens is 220 g/mol. The van der Waals surface area contributed by atoms with E-state index in [2.05, 4.69) is 6.92 Å². The molecule has 1 heterocycles. The summed E-state index contributed by atoms with van der Waals surface area (Å²) >= 11 is 0. The summed E-state index contributed by atoms with van der Waals surface area (Å²) in [4.78, 5) is 23.2. The number of unbranched alkanes of at least 4 members (excludes halogenated alkanes) is 4. The molecular formula is C13H22O4. The van der Waals surface area contributed by atoms with Crippen LogP contribution >= 0.6 is 0 Å². The van der Waals surface area contributed by atoms with Gasteiger partial charge in [0.2, 0.25) is 0 Å². The third-order valence-corrected chi connectivity index (χ3v) is 3.27. The Morgan fingerprint density at radius 2 is 2.06 bits per heavy atom. The van der Waals surface area contributed by atoms with E-state index in [1.54, 1.807) is 0 Å². The number of carbonyl (C=O) groups excluding carboxylic acids is 2. The van der Waals surface area contributed by atoms with Crippen molar-refractivity contribution in [2.45, 2.75) is 45.4 Å². The molecule has 1 aliphatic heterocycles. The van der Waals surface area contributed by atoms with Crippen LogP contribution in [0.15, 0.2) is 0 Å². The number of hydrogen-bond acceptors (Lipinski definition) is 4. The minimum atomic E-state index is -0.717. The number of esters is 1. The predicted molar refractivity (Wildman–Crippen MR) is 63.4 cm³/mol. The highest BCUT2D eigenvalue weighted by Crippen LogP contribution is 2.24. The number of ether oxygens (including phenoxy) is 1. The van der Waals surface area contributed by atoms with Gasteiger partial charge in [0.1, 0.15) is 11.7 Å². The van der Waals surface area contributed by atoms with Crippen molar-refractivity contribution in [1.82, 2.24) is 0 Å². The second kappa shape index (κ2) is 7.43. The van der Waals surface area contributed by atoms with Gasteiger partial charge < -0.3 is 9.84 Å². The zero-order valence-electron chi connectivity index (χ0n) is 10.5. The Hall–Kier alpha value is -0.900. The largest absolute Gasteiger partial charge is 0.465 e. The van der Waals surface area contributed by atoms with Crippen LogP contribution in [-0.4, -0.2) is 30.1 Å². The molecule has 4 heteroatoms. The van der Waals surface area contributed by atoms with Crippen molar-refractivity contribution in [3.05, 3.63) is 0 Å². The summed E-state index contributed by atoms with van der Waals surface area (Å²) in [6, 6.07) is 0. The first-order chi connectivity index (χ1) is 8.20. The molecule has 0 saturated carbocycles. The topological polar surface area (TPSA) is 63.6 Å². The molecule has 1 N–H and O–H groups in total. The van der Waals surface area contributed by atoms with Gasteiger partial charge in [-0.1, -0.05) is 32.6 Å². The molecule has 2 atom stereocenters. The Morgan fingerprint density at radius 1 is 1.35 bits per heavy atom. The summed E-state index contributed by atoms with van der Waals surface area (Å²) in [5, 5.41) is 9.06. The number of aliphatic hydroxyl groups is 1. The Labute approximate surface area is 102 Å². The molecule has 1 saturated heterocycles. The minimum absolute atomic E-state index is 0.0666. The molecule has 0 radical (unpaired) electrons. The SMILES string of the molecule is CCCCCCCC(=O)[C@@H]1C(=O)OC[C@H]1CO. The van der Waals surface area contributed by atoms with Crippen LogP contribution in [0.4, 0.5) is 0 Å². The lowest BCUT2D eigenvalue weighted by atomic mass is 9.89. The first-order valence-electron chi connectivity index (χ1n) is 6.51. The van der Waals surface area contributed by atoms with Crippen molar-refractivity contribution >= 4 is 11.8 Å². The van der Waals surface area contributed by atoms with Gasteiger partial charge >= 0.3 is 5.97 Å². The third-order valence-electron chi connectivity index (χ3n) is 3.27. The Kier molecular flexibility index (Phi) is 6.19. The molecule has 0 aromatic carbocycles. The highest BCUT2D eigenvalue weighted by atomic mass is 16.5. The molecule has 0 aromatic rings. The molecule has 0 aliphatic carbocycles. The van der Waals surface area contributed by atoms with Crippen molar-refractivity contribution in [2.75, 3.05) is 13.2 Å². The van der Waals surface area contributed by atoms with Crippen LogP contribution in [0.5, 0.6) is 0 Å². The van der Waals surface area contributed by atoms with Gasteiger partial charge in [0.25, 0.3) is 0 Å². The monoisotopic (exact) mass is 242 g/mol. The van der Waals surface area contributed by atoms with Crippen molar-refractivity contribution in [3.8, 4) is 0 Å². The summed E-state index contributed by atoms with van der Waals surface area (Å²) in [6.07, 6.45) is 5.81. The summed E-state index contributed by atoms with van der Waals surface area (Å²) in [6.45, 7) is 2.17. The predicted octanol–water partition coefficient (Wildman–Crippen LogP) is 1.70. The lowest BCUT2D eigenvalue weighted by molar-refractivity contribution is -0.144. The average Bonchev–Trinajstić information content (AvgIpc) is 2.70. The molecule has 0 amide bonds. The van der Waals surface area contributed by atoms with E-state index >= 15 is 0 Å². The highest BCUT2D eigenvalue weighted by molar-refractivity contribution is 6.00. The quantitative estimate of drug-likeness (QED) is 0.400. The molecule has 0 unspecified atom stereocenters. The molecule has 0 spiro atoms. The molecule has 0 aromatic heterocycles. The Bertz CT molecular complexity index is 262. The zero-order valence-corrected chi connectivity index (χ0v) is 10.5. The Balaban J connectivity index is 2.28. The summed E-state index contributed by atoms with van der Waals surface area (Å²) in [5.41, 5.74) is 0. The fraction of sp³-hybridized carbons (Fsp3) is 0.846. The van der Waals surface area contributed by atoms with Gasteiger partial charge in [-0.05, 0) is 6.42 Å².